The first-order valence-electron chi connectivity index (χ1n) is 9.80. The highest BCUT2D eigenvalue weighted by atomic mass is 35.5. The van der Waals surface area contributed by atoms with Crippen LogP contribution in [0.1, 0.15) is 49.5 Å². The fraction of sp³-hybridized carbons (Fsp3) is 0.391. The van der Waals surface area contributed by atoms with Crippen LogP contribution in [0, 0.1) is 0 Å². The lowest BCUT2D eigenvalue weighted by molar-refractivity contribution is -0.121. The van der Waals surface area contributed by atoms with Crippen LogP contribution in [0.15, 0.2) is 48.5 Å². The summed E-state index contributed by atoms with van der Waals surface area (Å²) >= 11 is 5.98. The minimum atomic E-state index is -0.254. The van der Waals surface area contributed by atoms with Crippen molar-refractivity contribution in [1.29, 1.82) is 0 Å². The van der Waals surface area contributed by atoms with Gasteiger partial charge in [0, 0.05) is 19.5 Å². The summed E-state index contributed by atoms with van der Waals surface area (Å²) in [5.41, 5.74) is 1.79. The average molecular weight is 417 g/mol. The number of benzene rings is 2. The molecule has 2 N–H and O–H groups in total. The quantitative estimate of drug-likeness (QED) is 0.597. The van der Waals surface area contributed by atoms with Crippen LogP contribution in [-0.2, 0) is 10.2 Å². The van der Waals surface area contributed by atoms with E-state index in [2.05, 4.69) is 43.5 Å². The zero-order valence-corrected chi connectivity index (χ0v) is 18.0. The summed E-state index contributed by atoms with van der Waals surface area (Å²) in [4.78, 5) is 23.9. The van der Waals surface area contributed by atoms with Crippen molar-refractivity contribution < 1.29 is 14.3 Å². The van der Waals surface area contributed by atoms with Crippen molar-refractivity contribution >= 4 is 23.4 Å². The van der Waals surface area contributed by atoms with Gasteiger partial charge in [-0.15, -0.1) is 0 Å². The predicted octanol–water partition coefficient (Wildman–Crippen LogP) is 4.34. The summed E-state index contributed by atoms with van der Waals surface area (Å²) < 4.78 is 5.69. The summed E-state index contributed by atoms with van der Waals surface area (Å²) in [6, 6.07) is 14.9. The summed E-state index contributed by atoms with van der Waals surface area (Å²) in [6.07, 6.45) is 0.997. The molecule has 0 bridgehead atoms. The highest BCUT2D eigenvalue weighted by molar-refractivity contribution is 6.33. The van der Waals surface area contributed by atoms with E-state index in [0.717, 1.165) is 5.75 Å². The van der Waals surface area contributed by atoms with E-state index >= 15 is 0 Å². The molecule has 0 radical (unpaired) electrons. The van der Waals surface area contributed by atoms with Gasteiger partial charge in [0.2, 0.25) is 5.91 Å². The third-order valence-electron chi connectivity index (χ3n) is 4.39. The van der Waals surface area contributed by atoms with Crippen LogP contribution in [0.5, 0.6) is 5.75 Å². The van der Waals surface area contributed by atoms with Gasteiger partial charge in [-0.25, -0.2) is 0 Å². The number of halogens is 1. The lowest BCUT2D eigenvalue weighted by atomic mass is 9.87. The summed E-state index contributed by atoms with van der Waals surface area (Å²) in [7, 11) is 0. The first-order valence-corrected chi connectivity index (χ1v) is 10.2. The van der Waals surface area contributed by atoms with Crippen LogP contribution >= 0.6 is 11.6 Å². The van der Waals surface area contributed by atoms with Crippen molar-refractivity contribution in [1.82, 2.24) is 10.6 Å². The van der Waals surface area contributed by atoms with E-state index in [4.69, 9.17) is 16.3 Å². The molecule has 5 nitrogen and oxygen atoms in total. The molecule has 2 aromatic carbocycles. The van der Waals surface area contributed by atoms with Gasteiger partial charge in [-0.1, -0.05) is 56.6 Å². The number of amides is 2. The number of ether oxygens (including phenoxy) is 1. The van der Waals surface area contributed by atoms with Crippen molar-refractivity contribution in [2.24, 2.45) is 0 Å². The Hall–Kier alpha value is -2.53. The molecule has 0 saturated carbocycles. The average Bonchev–Trinajstić information content (AvgIpc) is 2.68. The van der Waals surface area contributed by atoms with E-state index < -0.39 is 0 Å². The second kappa shape index (κ2) is 10.9. The highest BCUT2D eigenvalue weighted by Gasteiger charge is 2.13. The third kappa shape index (κ3) is 7.78. The van der Waals surface area contributed by atoms with Crippen molar-refractivity contribution in [3.05, 3.63) is 64.7 Å². The topological polar surface area (TPSA) is 67.4 Å². The van der Waals surface area contributed by atoms with E-state index in [1.807, 2.05) is 12.1 Å². The van der Waals surface area contributed by atoms with Crippen molar-refractivity contribution in [2.75, 3.05) is 19.7 Å². The maximum atomic E-state index is 12.0. The molecule has 0 heterocycles. The molecule has 0 aromatic heterocycles. The predicted molar refractivity (Wildman–Crippen MR) is 117 cm³/mol. The lowest BCUT2D eigenvalue weighted by Gasteiger charge is -2.19. The van der Waals surface area contributed by atoms with Crippen LogP contribution in [0.3, 0.4) is 0 Å². The van der Waals surface area contributed by atoms with Gasteiger partial charge in [-0.3, -0.25) is 9.59 Å². The van der Waals surface area contributed by atoms with E-state index in [-0.39, 0.29) is 17.2 Å². The van der Waals surface area contributed by atoms with Gasteiger partial charge in [0.15, 0.2) is 0 Å². The standard InChI is InChI=1S/C23H29ClN2O3/c1-23(2,3)17-10-12-18(13-11-17)29-16-6-9-21(27)25-14-15-26-22(28)19-7-4-5-8-20(19)24/h4-5,7-8,10-13H,6,9,14-16H2,1-3H3,(H,25,27)(H,26,28). The summed E-state index contributed by atoms with van der Waals surface area (Å²) in [5, 5.41) is 5.93. The van der Waals surface area contributed by atoms with E-state index in [9.17, 15) is 9.59 Å². The van der Waals surface area contributed by atoms with Gasteiger partial charge in [0.25, 0.3) is 5.91 Å². The number of carbonyl (C=O) groups excluding carboxylic acids is 2. The SMILES string of the molecule is CC(C)(C)c1ccc(OCCCC(=O)NCCNC(=O)c2ccccc2Cl)cc1. The molecule has 0 saturated heterocycles. The molecular weight excluding hydrogens is 388 g/mol. The molecule has 156 valence electrons. The summed E-state index contributed by atoms with van der Waals surface area (Å²) in [6.45, 7) is 7.69. The Labute approximate surface area is 177 Å². The van der Waals surface area contributed by atoms with Gasteiger partial charge < -0.3 is 15.4 Å². The zero-order chi connectivity index (χ0) is 21.3. The maximum Gasteiger partial charge on any atom is 0.252 e. The Morgan fingerprint density at radius 2 is 1.62 bits per heavy atom. The number of carbonyl (C=O) groups is 2. The Balaban J connectivity index is 1.58. The smallest absolute Gasteiger partial charge is 0.252 e. The van der Waals surface area contributed by atoms with Crippen LogP contribution < -0.4 is 15.4 Å². The van der Waals surface area contributed by atoms with Crippen LogP contribution in [0.2, 0.25) is 5.02 Å². The Morgan fingerprint density at radius 1 is 0.966 bits per heavy atom. The molecule has 0 fully saturated rings. The van der Waals surface area contributed by atoms with E-state index in [0.29, 0.717) is 43.1 Å². The minimum absolute atomic E-state index is 0.0660. The lowest BCUT2D eigenvalue weighted by Crippen LogP contribution is -2.34. The van der Waals surface area contributed by atoms with Gasteiger partial charge >= 0.3 is 0 Å². The molecule has 0 aliphatic rings. The number of nitrogens with one attached hydrogen (secondary N) is 2. The van der Waals surface area contributed by atoms with Gasteiger partial charge in [0.05, 0.1) is 17.2 Å². The number of rotatable bonds is 9. The van der Waals surface area contributed by atoms with E-state index in [1.54, 1.807) is 24.3 Å². The molecule has 0 aliphatic carbocycles. The van der Waals surface area contributed by atoms with Crippen molar-refractivity contribution in [3.63, 3.8) is 0 Å². The maximum absolute atomic E-state index is 12.0. The molecular formula is C23H29ClN2O3. The molecule has 2 rings (SSSR count). The van der Waals surface area contributed by atoms with Crippen molar-refractivity contribution in [2.45, 2.75) is 39.0 Å². The molecule has 0 unspecified atom stereocenters. The Bertz CT molecular complexity index is 814. The Kier molecular flexibility index (Phi) is 8.52. The monoisotopic (exact) mass is 416 g/mol. The van der Waals surface area contributed by atoms with Gasteiger partial charge in [-0.05, 0) is 41.7 Å². The van der Waals surface area contributed by atoms with Crippen LogP contribution in [0.4, 0.5) is 0 Å². The highest BCUT2D eigenvalue weighted by Crippen LogP contribution is 2.24. The third-order valence-corrected chi connectivity index (χ3v) is 4.72. The Morgan fingerprint density at radius 3 is 2.28 bits per heavy atom. The van der Waals surface area contributed by atoms with Gasteiger partial charge in [0.1, 0.15) is 5.75 Å². The first-order chi connectivity index (χ1) is 13.8. The van der Waals surface area contributed by atoms with Gasteiger partial charge in [-0.2, -0.15) is 0 Å². The fourth-order valence-electron chi connectivity index (χ4n) is 2.68. The normalized spacial score (nSPS) is 11.0. The number of hydrogen-bond donors (Lipinski definition) is 2. The van der Waals surface area contributed by atoms with Crippen LogP contribution in [0.25, 0.3) is 0 Å². The zero-order valence-electron chi connectivity index (χ0n) is 17.3. The molecule has 0 aliphatic heterocycles. The molecule has 2 amide bonds. The second-order valence-electron chi connectivity index (χ2n) is 7.81. The molecule has 6 heteroatoms. The van der Waals surface area contributed by atoms with Crippen LogP contribution in [-0.4, -0.2) is 31.5 Å². The molecule has 2 aromatic rings. The number of hydrogen-bond acceptors (Lipinski definition) is 3. The van der Waals surface area contributed by atoms with Crippen molar-refractivity contribution in [3.8, 4) is 5.75 Å². The minimum Gasteiger partial charge on any atom is -0.494 e. The molecule has 29 heavy (non-hydrogen) atoms. The van der Waals surface area contributed by atoms with E-state index in [1.165, 1.54) is 5.56 Å². The first kappa shape index (κ1) is 22.8. The molecule has 0 spiro atoms. The summed E-state index contributed by atoms with van der Waals surface area (Å²) in [5.74, 6) is 0.486. The largest absolute Gasteiger partial charge is 0.494 e. The molecule has 0 atom stereocenters. The second-order valence-corrected chi connectivity index (χ2v) is 8.22. The fourth-order valence-corrected chi connectivity index (χ4v) is 2.90.